The third-order valence-corrected chi connectivity index (χ3v) is 3.15. The smallest absolute Gasteiger partial charge is 0.0841 e. The number of hydrogen-bond donors (Lipinski definition) is 1. The predicted octanol–water partition coefficient (Wildman–Crippen LogP) is 2.08. The fraction of sp³-hybridized carbons (Fsp3) is 0.833. The lowest BCUT2D eigenvalue weighted by Gasteiger charge is -2.41. The largest absolute Gasteiger partial charge is 0.374 e. The summed E-state index contributed by atoms with van der Waals surface area (Å²) >= 11 is 0. The zero-order chi connectivity index (χ0) is 10.4. The van der Waals surface area contributed by atoms with Crippen molar-refractivity contribution >= 4 is 0 Å². The van der Waals surface area contributed by atoms with Crippen molar-refractivity contribution in [2.75, 3.05) is 6.61 Å². The molecule has 80 valence electrons. The quantitative estimate of drug-likeness (QED) is 0.697. The van der Waals surface area contributed by atoms with Gasteiger partial charge in [-0.05, 0) is 19.8 Å². The molecule has 14 heavy (non-hydrogen) atoms. The van der Waals surface area contributed by atoms with Crippen LogP contribution in [0.5, 0.6) is 0 Å². The topological polar surface area (TPSA) is 35.2 Å². The molecule has 0 amide bonds. The van der Waals surface area contributed by atoms with Crippen molar-refractivity contribution in [2.45, 2.75) is 57.1 Å². The Morgan fingerprint density at radius 3 is 2.57 bits per heavy atom. The highest BCUT2D eigenvalue weighted by Gasteiger charge is 2.38. The Morgan fingerprint density at radius 2 is 2.07 bits per heavy atom. The Hall–Kier alpha value is -0.520. The highest BCUT2D eigenvalue weighted by atomic mass is 16.5. The van der Waals surface area contributed by atoms with Crippen molar-refractivity contribution in [1.29, 1.82) is 0 Å². The molecule has 0 spiro atoms. The zero-order valence-electron chi connectivity index (χ0n) is 9.09. The fourth-order valence-electron chi connectivity index (χ4n) is 2.37. The summed E-state index contributed by atoms with van der Waals surface area (Å²) in [5.41, 5.74) is 5.99. The molecule has 0 aliphatic heterocycles. The lowest BCUT2D eigenvalue weighted by Crippen LogP contribution is -2.51. The van der Waals surface area contributed by atoms with E-state index < -0.39 is 0 Å². The normalized spacial score (nSPS) is 22.6. The van der Waals surface area contributed by atoms with Gasteiger partial charge in [-0.25, -0.2) is 0 Å². The summed E-state index contributed by atoms with van der Waals surface area (Å²) < 4.78 is 5.86. The third kappa shape index (κ3) is 2.50. The average molecular weight is 195 g/mol. The summed E-state index contributed by atoms with van der Waals surface area (Å²) in [5, 5.41) is 0. The van der Waals surface area contributed by atoms with Gasteiger partial charge in [0.2, 0.25) is 0 Å². The molecule has 1 saturated carbocycles. The monoisotopic (exact) mass is 195 g/mol. The number of nitrogens with two attached hydrogens (primary N) is 1. The first-order valence-corrected chi connectivity index (χ1v) is 5.58. The molecule has 2 nitrogen and oxygen atoms in total. The van der Waals surface area contributed by atoms with E-state index in [1.807, 2.05) is 6.92 Å². The van der Waals surface area contributed by atoms with E-state index in [1.54, 1.807) is 0 Å². The summed E-state index contributed by atoms with van der Waals surface area (Å²) in [5.74, 6) is 2.64. The van der Waals surface area contributed by atoms with Crippen LogP contribution in [-0.2, 0) is 4.74 Å². The number of terminal acetylenes is 1. The van der Waals surface area contributed by atoms with E-state index in [9.17, 15) is 0 Å². The van der Waals surface area contributed by atoms with Crippen LogP contribution in [0.1, 0.15) is 45.4 Å². The van der Waals surface area contributed by atoms with Crippen molar-refractivity contribution in [1.82, 2.24) is 0 Å². The van der Waals surface area contributed by atoms with Gasteiger partial charge in [-0.15, -0.1) is 12.3 Å². The summed E-state index contributed by atoms with van der Waals surface area (Å²) in [4.78, 5) is 0. The minimum Gasteiger partial charge on any atom is -0.374 e. The van der Waals surface area contributed by atoms with Crippen molar-refractivity contribution in [3.63, 3.8) is 0 Å². The SMILES string of the molecule is C#CCC(N)C1(OCC)CCCCC1. The van der Waals surface area contributed by atoms with Gasteiger partial charge in [-0.3, -0.25) is 0 Å². The standard InChI is InChI=1S/C12H21NO/c1-3-8-11(13)12(14-4-2)9-6-5-7-10-12/h1,11H,4-10,13H2,2H3. The molecule has 2 N–H and O–H groups in total. The summed E-state index contributed by atoms with van der Waals surface area (Å²) in [6.07, 6.45) is 11.8. The summed E-state index contributed by atoms with van der Waals surface area (Å²) in [7, 11) is 0. The average Bonchev–Trinajstić information content (AvgIpc) is 2.20. The van der Waals surface area contributed by atoms with E-state index in [0.717, 1.165) is 19.4 Å². The molecule has 1 unspecified atom stereocenters. The first kappa shape index (κ1) is 11.6. The Balaban J connectivity index is 2.64. The fourth-order valence-corrected chi connectivity index (χ4v) is 2.37. The lowest BCUT2D eigenvalue weighted by molar-refractivity contribution is -0.0808. The van der Waals surface area contributed by atoms with Gasteiger partial charge in [-0.1, -0.05) is 19.3 Å². The first-order chi connectivity index (χ1) is 6.75. The van der Waals surface area contributed by atoms with Crippen LogP contribution in [0.4, 0.5) is 0 Å². The molecule has 1 rings (SSSR count). The molecular formula is C12H21NO. The second-order valence-electron chi connectivity index (χ2n) is 4.07. The molecule has 1 atom stereocenters. The van der Waals surface area contributed by atoms with Crippen molar-refractivity contribution in [3.05, 3.63) is 0 Å². The van der Waals surface area contributed by atoms with Crippen molar-refractivity contribution in [3.8, 4) is 12.3 Å². The molecule has 0 heterocycles. The van der Waals surface area contributed by atoms with E-state index in [1.165, 1.54) is 19.3 Å². The number of rotatable bonds is 4. The maximum absolute atomic E-state index is 6.11. The minimum atomic E-state index is -0.126. The minimum absolute atomic E-state index is 0.00718. The van der Waals surface area contributed by atoms with Gasteiger partial charge in [-0.2, -0.15) is 0 Å². The van der Waals surface area contributed by atoms with Gasteiger partial charge in [0.15, 0.2) is 0 Å². The summed E-state index contributed by atoms with van der Waals surface area (Å²) in [6, 6.07) is 0.00718. The maximum atomic E-state index is 6.11. The van der Waals surface area contributed by atoms with Crippen LogP contribution in [-0.4, -0.2) is 18.2 Å². The van der Waals surface area contributed by atoms with Crippen LogP contribution in [0.2, 0.25) is 0 Å². The molecule has 0 radical (unpaired) electrons. The van der Waals surface area contributed by atoms with Crippen molar-refractivity contribution < 1.29 is 4.74 Å². The number of ether oxygens (including phenoxy) is 1. The van der Waals surface area contributed by atoms with Gasteiger partial charge in [0, 0.05) is 19.1 Å². The molecular weight excluding hydrogens is 174 g/mol. The van der Waals surface area contributed by atoms with E-state index in [0.29, 0.717) is 6.42 Å². The van der Waals surface area contributed by atoms with Gasteiger partial charge in [0.25, 0.3) is 0 Å². The highest BCUT2D eigenvalue weighted by Crippen LogP contribution is 2.34. The van der Waals surface area contributed by atoms with Gasteiger partial charge < -0.3 is 10.5 Å². The van der Waals surface area contributed by atoms with E-state index in [2.05, 4.69) is 5.92 Å². The zero-order valence-corrected chi connectivity index (χ0v) is 9.09. The van der Waals surface area contributed by atoms with Crippen LogP contribution in [0, 0.1) is 12.3 Å². The second kappa shape index (κ2) is 5.38. The van der Waals surface area contributed by atoms with E-state index in [4.69, 9.17) is 16.9 Å². The lowest BCUT2D eigenvalue weighted by atomic mass is 9.78. The van der Waals surface area contributed by atoms with Crippen LogP contribution >= 0.6 is 0 Å². The molecule has 0 aromatic heterocycles. The predicted molar refractivity (Wildman–Crippen MR) is 58.9 cm³/mol. The second-order valence-corrected chi connectivity index (χ2v) is 4.07. The molecule has 1 aliphatic carbocycles. The van der Waals surface area contributed by atoms with Crippen LogP contribution in [0.25, 0.3) is 0 Å². The Morgan fingerprint density at radius 1 is 1.43 bits per heavy atom. The Bertz CT molecular complexity index is 195. The van der Waals surface area contributed by atoms with E-state index in [-0.39, 0.29) is 11.6 Å². The summed E-state index contributed by atoms with van der Waals surface area (Å²) in [6.45, 7) is 2.76. The van der Waals surface area contributed by atoms with Gasteiger partial charge >= 0.3 is 0 Å². The Labute approximate surface area is 87.2 Å². The first-order valence-electron chi connectivity index (χ1n) is 5.58. The maximum Gasteiger partial charge on any atom is 0.0841 e. The third-order valence-electron chi connectivity index (χ3n) is 3.15. The van der Waals surface area contributed by atoms with Crippen LogP contribution in [0.3, 0.4) is 0 Å². The van der Waals surface area contributed by atoms with Gasteiger partial charge in [0.1, 0.15) is 0 Å². The van der Waals surface area contributed by atoms with Gasteiger partial charge in [0.05, 0.1) is 5.60 Å². The molecule has 0 aromatic carbocycles. The molecule has 1 fully saturated rings. The van der Waals surface area contributed by atoms with Crippen LogP contribution in [0.15, 0.2) is 0 Å². The van der Waals surface area contributed by atoms with Crippen molar-refractivity contribution in [2.24, 2.45) is 5.73 Å². The molecule has 0 bridgehead atoms. The molecule has 2 heteroatoms. The molecule has 0 aromatic rings. The molecule has 1 aliphatic rings. The molecule has 0 saturated heterocycles. The number of hydrogen-bond acceptors (Lipinski definition) is 2. The highest BCUT2D eigenvalue weighted by molar-refractivity contribution is 5.00. The van der Waals surface area contributed by atoms with Crippen LogP contribution < -0.4 is 5.73 Å². The van der Waals surface area contributed by atoms with E-state index >= 15 is 0 Å². The Kier molecular flexibility index (Phi) is 4.44.